The number of hydrogen-bond donors (Lipinski definition) is 1. The molecule has 1 unspecified atom stereocenters. The van der Waals surface area contributed by atoms with Gasteiger partial charge in [-0.1, -0.05) is 32.3 Å². The van der Waals surface area contributed by atoms with Gasteiger partial charge in [0.15, 0.2) is 0 Å². The number of rotatable bonds is 5. The first kappa shape index (κ1) is 15.2. The average molecular weight is 277 g/mol. The summed E-state index contributed by atoms with van der Waals surface area (Å²) in [5, 5.41) is 0. The molecule has 1 atom stereocenters. The predicted octanol–water partition coefficient (Wildman–Crippen LogP) is 3.92. The van der Waals surface area contributed by atoms with Gasteiger partial charge in [-0.15, -0.1) is 0 Å². The van der Waals surface area contributed by atoms with Gasteiger partial charge in [-0.25, -0.2) is 0 Å². The van der Waals surface area contributed by atoms with Crippen molar-refractivity contribution in [2.45, 2.75) is 45.1 Å². The number of nitrogens with two attached hydrogens (primary N) is 1. The zero-order chi connectivity index (χ0) is 14.5. The average Bonchev–Trinajstić information content (AvgIpc) is 2.53. The first-order valence-corrected chi connectivity index (χ1v) is 7.67. The summed E-state index contributed by atoms with van der Waals surface area (Å²) >= 11 is 0. The Hall–Kier alpha value is -1.22. The quantitative estimate of drug-likeness (QED) is 0.887. The Morgan fingerprint density at radius 1 is 1.10 bits per heavy atom. The molecule has 1 aromatic carbocycles. The van der Waals surface area contributed by atoms with Gasteiger partial charge in [-0.05, 0) is 36.8 Å². The summed E-state index contributed by atoms with van der Waals surface area (Å²) in [7, 11) is 3.39. The Morgan fingerprint density at radius 2 is 1.65 bits per heavy atom. The van der Waals surface area contributed by atoms with E-state index in [1.54, 1.807) is 14.2 Å². The van der Waals surface area contributed by atoms with Gasteiger partial charge >= 0.3 is 0 Å². The summed E-state index contributed by atoms with van der Waals surface area (Å²) in [6.45, 7) is 2.29. The molecule has 1 fully saturated rings. The molecule has 1 aliphatic carbocycles. The van der Waals surface area contributed by atoms with Gasteiger partial charge in [0.1, 0.15) is 11.5 Å². The van der Waals surface area contributed by atoms with Crippen LogP contribution in [-0.2, 0) is 0 Å². The fourth-order valence-electron chi connectivity index (χ4n) is 3.40. The summed E-state index contributed by atoms with van der Waals surface area (Å²) in [5.41, 5.74) is 7.57. The van der Waals surface area contributed by atoms with Gasteiger partial charge in [-0.3, -0.25) is 0 Å². The van der Waals surface area contributed by atoms with E-state index in [0.29, 0.717) is 5.92 Å². The molecule has 0 aromatic heterocycles. The van der Waals surface area contributed by atoms with Crippen molar-refractivity contribution < 1.29 is 9.47 Å². The van der Waals surface area contributed by atoms with E-state index in [1.807, 2.05) is 18.2 Å². The fourth-order valence-corrected chi connectivity index (χ4v) is 3.40. The maximum absolute atomic E-state index is 6.55. The fraction of sp³-hybridized carbons (Fsp3) is 0.647. The zero-order valence-electron chi connectivity index (χ0n) is 12.9. The molecule has 2 rings (SSSR count). The van der Waals surface area contributed by atoms with Crippen LogP contribution in [-0.4, -0.2) is 14.2 Å². The van der Waals surface area contributed by atoms with Crippen LogP contribution in [0.25, 0.3) is 0 Å². The van der Waals surface area contributed by atoms with Crippen molar-refractivity contribution in [3.63, 3.8) is 0 Å². The molecule has 1 aromatic rings. The normalized spacial score (nSPS) is 24.2. The minimum atomic E-state index is -0.00101. The monoisotopic (exact) mass is 277 g/mol. The van der Waals surface area contributed by atoms with E-state index in [-0.39, 0.29) is 6.04 Å². The van der Waals surface area contributed by atoms with Gasteiger partial charge < -0.3 is 15.2 Å². The smallest absolute Gasteiger partial charge is 0.127 e. The van der Waals surface area contributed by atoms with Crippen LogP contribution in [0.2, 0.25) is 0 Å². The lowest BCUT2D eigenvalue weighted by Crippen LogP contribution is -2.26. The number of hydrogen-bond acceptors (Lipinski definition) is 3. The third-order valence-electron chi connectivity index (χ3n) is 4.78. The maximum Gasteiger partial charge on any atom is 0.127 e. The molecule has 3 nitrogen and oxygen atoms in total. The number of benzene rings is 1. The van der Waals surface area contributed by atoms with Crippen molar-refractivity contribution in [1.82, 2.24) is 0 Å². The molecule has 0 spiro atoms. The molecule has 0 bridgehead atoms. The Kier molecular flexibility index (Phi) is 5.30. The molecule has 0 aliphatic heterocycles. The van der Waals surface area contributed by atoms with Crippen molar-refractivity contribution >= 4 is 0 Å². The second-order valence-electron chi connectivity index (χ2n) is 5.79. The molecular weight excluding hydrogens is 250 g/mol. The lowest BCUT2D eigenvalue weighted by molar-refractivity contribution is 0.234. The Labute approximate surface area is 122 Å². The zero-order valence-corrected chi connectivity index (χ0v) is 12.9. The molecule has 1 saturated carbocycles. The van der Waals surface area contributed by atoms with Crippen molar-refractivity contribution in [3.05, 3.63) is 23.8 Å². The first-order valence-electron chi connectivity index (χ1n) is 7.67. The molecule has 112 valence electrons. The molecule has 20 heavy (non-hydrogen) atoms. The van der Waals surface area contributed by atoms with Crippen molar-refractivity contribution in [2.24, 2.45) is 17.6 Å². The van der Waals surface area contributed by atoms with Crippen LogP contribution in [0, 0.1) is 11.8 Å². The summed E-state index contributed by atoms with van der Waals surface area (Å²) < 4.78 is 11.0. The summed E-state index contributed by atoms with van der Waals surface area (Å²) in [5.74, 6) is 3.10. The van der Waals surface area contributed by atoms with Gasteiger partial charge in [0, 0.05) is 6.04 Å². The van der Waals surface area contributed by atoms with Crippen LogP contribution in [0.15, 0.2) is 18.2 Å². The van der Waals surface area contributed by atoms with E-state index in [1.165, 1.54) is 32.1 Å². The Bertz CT molecular complexity index is 403. The van der Waals surface area contributed by atoms with E-state index in [9.17, 15) is 0 Å². The number of methoxy groups -OCH3 is 2. The summed E-state index contributed by atoms with van der Waals surface area (Å²) in [4.78, 5) is 0. The highest BCUT2D eigenvalue weighted by atomic mass is 16.5. The van der Waals surface area contributed by atoms with E-state index in [4.69, 9.17) is 15.2 Å². The summed E-state index contributed by atoms with van der Waals surface area (Å²) in [6.07, 6.45) is 6.31. The van der Waals surface area contributed by atoms with Gasteiger partial charge in [-0.2, -0.15) is 0 Å². The van der Waals surface area contributed by atoms with Crippen LogP contribution in [0.1, 0.15) is 50.6 Å². The van der Waals surface area contributed by atoms with Crippen LogP contribution in [0.5, 0.6) is 11.5 Å². The third kappa shape index (κ3) is 3.09. The summed E-state index contributed by atoms with van der Waals surface area (Å²) in [6, 6.07) is 5.88. The molecule has 0 amide bonds. The van der Waals surface area contributed by atoms with E-state index >= 15 is 0 Å². The molecule has 2 N–H and O–H groups in total. The minimum absolute atomic E-state index is 0.00101. The second kappa shape index (κ2) is 6.98. The van der Waals surface area contributed by atoms with Crippen LogP contribution in [0.3, 0.4) is 0 Å². The Morgan fingerprint density at radius 3 is 2.10 bits per heavy atom. The topological polar surface area (TPSA) is 44.5 Å². The maximum atomic E-state index is 6.55. The highest BCUT2D eigenvalue weighted by Crippen LogP contribution is 2.42. The van der Waals surface area contributed by atoms with E-state index in [0.717, 1.165) is 23.0 Å². The molecule has 3 heteroatoms. The highest BCUT2D eigenvalue weighted by molar-refractivity contribution is 5.47. The van der Waals surface area contributed by atoms with E-state index in [2.05, 4.69) is 6.92 Å². The van der Waals surface area contributed by atoms with Gasteiger partial charge in [0.05, 0.1) is 19.8 Å². The molecule has 1 aliphatic rings. The van der Waals surface area contributed by atoms with Gasteiger partial charge in [0.25, 0.3) is 0 Å². The Balaban J connectivity index is 2.18. The number of ether oxygens (including phenoxy) is 2. The van der Waals surface area contributed by atoms with Crippen LogP contribution in [0.4, 0.5) is 0 Å². The van der Waals surface area contributed by atoms with Crippen LogP contribution >= 0.6 is 0 Å². The van der Waals surface area contributed by atoms with Crippen molar-refractivity contribution in [1.29, 1.82) is 0 Å². The van der Waals surface area contributed by atoms with E-state index < -0.39 is 0 Å². The second-order valence-corrected chi connectivity index (χ2v) is 5.79. The minimum Gasteiger partial charge on any atom is -0.496 e. The molecular formula is C17H27NO2. The van der Waals surface area contributed by atoms with Crippen LogP contribution < -0.4 is 15.2 Å². The molecule has 0 saturated heterocycles. The third-order valence-corrected chi connectivity index (χ3v) is 4.78. The lowest BCUT2D eigenvalue weighted by Gasteiger charge is -2.33. The SMILES string of the molecule is CCC1CCC(C(N)c2c(OC)cccc2OC)CC1. The predicted molar refractivity (Wildman–Crippen MR) is 82.2 cm³/mol. The van der Waals surface area contributed by atoms with Gasteiger partial charge in [0.2, 0.25) is 0 Å². The lowest BCUT2D eigenvalue weighted by atomic mass is 9.76. The standard InChI is InChI=1S/C17H27NO2/c1-4-12-8-10-13(11-9-12)17(18)16-14(19-2)6-5-7-15(16)20-3/h5-7,12-13,17H,4,8-11,18H2,1-3H3. The highest BCUT2D eigenvalue weighted by Gasteiger charge is 2.29. The largest absolute Gasteiger partial charge is 0.496 e. The van der Waals surface area contributed by atoms with Crippen molar-refractivity contribution in [2.75, 3.05) is 14.2 Å². The van der Waals surface area contributed by atoms with Crippen molar-refractivity contribution in [3.8, 4) is 11.5 Å². The molecule has 0 radical (unpaired) electrons. The first-order chi connectivity index (χ1) is 9.71. The molecule has 0 heterocycles.